The molecule has 0 aliphatic rings. The first-order chi connectivity index (χ1) is 7.44. The fraction of sp³-hybridized carbons (Fsp3) is 0.400. The van der Waals surface area contributed by atoms with E-state index in [4.69, 9.17) is 11.6 Å². The molecule has 0 aliphatic heterocycles. The van der Waals surface area contributed by atoms with Crippen molar-refractivity contribution in [2.75, 3.05) is 10.5 Å². The minimum atomic E-state index is -3.33. The molecule has 90 valence electrons. The summed E-state index contributed by atoms with van der Waals surface area (Å²) in [4.78, 5) is 0. The molecule has 4 nitrogen and oxygen atoms in total. The van der Waals surface area contributed by atoms with Gasteiger partial charge in [0.05, 0.1) is 16.5 Å². The third kappa shape index (κ3) is 3.90. The van der Waals surface area contributed by atoms with Crippen molar-refractivity contribution in [3.05, 3.63) is 23.2 Å². The number of benzene rings is 1. The van der Waals surface area contributed by atoms with Crippen LogP contribution in [0, 0.1) is 0 Å². The fourth-order valence-corrected chi connectivity index (χ4v) is 2.52. The molecule has 1 aromatic carbocycles. The molecule has 0 spiro atoms. The highest BCUT2D eigenvalue weighted by Gasteiger charge is 2.10. The van der Waals surface area contributed by atoms with Gasteiger partial charge in [-0.1, -0.05) is 24.9 Å². The normalized spacial score (nSPS) is 11.4. The average molecular weight is 264 g/mol. The molecule has 0 aliphatic carbocycles. The maximum absolute atomic E-state index is 11.5. The molecule has 1 aromatic rings. The Balaban J connectivity index is 2.76. The van der Waals surface area contributed by atoms with E-state index in [0.29, 0.717) is 12.1 Å². The lowest BCUT2D eigenvalue weighted by Crippen LogP contribution is -2.16. The molecule has 0 unspecified atom stereocenters. The Bertz CT molecular complexity index is 459. The lowest BCUT2D eigenvalue weighted by Gasteiger charge is -2.08. The van der Waals surface area contributed by atoms with Crippen molar-refractivity contribution in [3.8, 4) is 5.75 Å². The predicted octanol–water partition coefficient (Wildman–Crippen LogP) is 2.59. The molecular formula is C10H14ClNO3S. The first-order valence-electron chi connectivity index (χ1n) is 4.93. The highest BCUT2D eigenvalue weighted by molar-refractivity contribution is 7.92. The quantitative estimate of drug-likeness (QED) is 0.858. The van der Waals surface area contributed by atoms with Crippen LogP contribution >= 0.6 is 11.6 Å². The molecule has 0 atom stereocenters. The van der Waals surface area contributed by atoms with E-state index >= 15 is 0 Å². The zero-order chi connectivity index (χ0) is 12.2. The number of hydrogen-bond acceptors (Lipinski definition) is 3. The molecule has 0 fully saturated rings. The molecule has 0 heterocycles. The van der Waals surface area contributed by atoms with E-state index in [1.165, 1.54) is 18.2 Å². The maximum atomic E-state index is 11.5. The second kappa shape index (κ2) is 5.41. The number of hydrogen-bond donors (Lipinski definition) is 2. The van der Waals surface area contributed by atoms with Crippen molar-refractivity contribution in [2.45, 2.75) is 19.8 Å². The van der Waals surface area contributed by atoms with Crippen LogP contribution in [-0.2, 0) is 10.0 Å². The fourth-order valence-electron chi connectivity index (χ4n) is 1.14. The van der Waals surface area contributed by atoms with Gasteiger partial charge in [-0.2, -0.15) is 0 Å². The molecule has 0 bridgehead atoms. The minimum Gasteiger partial charge on any atom is -0.506 e. The van der Waals surface area contributed by atoms with E-state index < -0.39 is 10.0 Å². The number of nitrogens with one attached hydrogen (secondary N) is 1. The van der Waals surface area contributed by atoms with Gasteiger partial charge in [-0.25, -0.2) is 8.42 Å². The molecule has 16 heavy (non-hydrogen) atoms. The summed E-state index contributed by atoms with van der Waals surface area (Å²) < 4.78 is 25.4. The van der Waals surface area contributed by atoms with E-state index in [2.05, 4.69) is 4.72 Å². The molecular weight excluding hydrogens is 250 g/mol. The highest BCUT2D eigenvalue weighted by Crippen LogP contribution is 2.26. The summed E-state index contributed by atoms with van der Waals surface area (Å²) in [5.41, 5.74) is 0.318. The number of unbranched alkanes of at least 4 members (excludes halogenated alkanes) is 1. The van der Waals surface area contributed by atoms with Crippen molar-refractivity contribution in [1.82, 2.24) is 0 Å². The van der Waals surface area contributed by atoms with E-state index in [9.17, 15) is 13.5 Å². The van der Waals surface area contributed by atoms with Crippen molar-refractivity contribution < 1.29 is 13.5 Å². The van der Waals surface area contributed by atoms with Crippen LogP contribution in [0.4, 0.5) is 5.69 Å². The summed E-state index contributed by atoms with van der Waals surface area (Å²) in [5.74, 6) is -0.0651. The predicted molar refractivity (Wildman–Crippen MR) is 65.4 cm³/mol. The van der Waals surface area contributed by atoms with Gasteiger partial charge in [0.2, 0.25) is 10.0 Å². The lowest BCUT2D eigenvalue weighted by atomic mass is 10.3. The number of phenolic OH excluding ortho intramolecular Hbond substituents is 1. The van der Waals surface area contributed by atoms with Crippen molar-refractivity contribution in [3.63, 3.8) is 0 Å². The third-order valence-corrected chi connectivity index (χ3v) is 3.68. The first-order valence-corrected chi connectivity index (χ1v) is 6.96. The maximum Gasteiger partial charge on any atom is 0.232 e. The van der Waals surface area contributed by atoms with Gasteiger partial charge in [0.25, 0.3) is 0 Å². The standard InChI is InChI=1S/C10H14ClNO3S/c1-2-3-6-16(14,15)12-8-4-5-9(11)10(13)7-8/h4-5,7,12-13H,2-3,6H2,1H3. The molecule has 0 amide bonds. The first kappa shape index (κ1) is 13.1. The molecule has 0 radical (unpaired) electrons. The monoisotopic (exact) mass is 263 g/mol. The smallest absolute Gasteiger partial charge is 0.232 e. The van der Waals surface area contributed by atoms with Crippen molar-refractivity contribution in [2.24, 2.45) is 0 Å². The number of aromatic hydroxyl groups is 1. The SMILES string of the molecule is CCCCS(=O)(=O)Nc1ccc(Cl)c(O)c1. The topological polar surface area (TPSA) is 66.4 Å². The Morgan fingerprint density at radius 1 is 1.44 bits per heavy atom. The number of anilines is 1. The molecule has 0 saturated heterocycles. The minimum absolute atomic E-state index is 0.0763. The Hall–Kier alpha value is -0.940. The highest BCUT2D eigenvalue weighted by atomic mass is 35.5. The van der Waals surface area contributed by atoms with Crippen LogP contribution in [0.5, 0.6) is 5.75 Å². The second-order valence-corrected chi connectivity index (χ2v) is 5.69. The summed E-state index contributed by atoms with van der Waals surface area (Å²) in [6, 6.07) is 4.23. The van der Waals surface area contributed by atoms with Gasteiger partial charge in [0, 0.05) is 6.07 Å². The lowest BCUT2D eigenvalue weighted by molar-refractivity contribution is 0.476. The molecule has 1 rings (SSSR count). The number of rotatable bonds is 5. The third-order valence-electron chi connectivity index (χ3n) is 1.99. The van der Waals surface area contributed by atoms with Crippen molar-refractivity contribution in [1.29, 1.82) is 0 Å². The molecule has 0 aromatic heterocycles. The summed E-state index contributed by atoms with van der Waals surface area (Å²) >= 11 is 5.61. The van der Waals surface area contributed by atoms with E-state index in [1.807, 2.05) is 6.92 Å². The number of halogens is 1. The van der Waals surface area contributed by atoms with Crippen molar-refractivity contribution >= 4 is 27.3 Å². The number of sulfonamides is 1. The van der Waals surface area contributed by atoms with Gasteiger partial charge in [-0.05, 0) is 18.6 Å². The van der Waals surface area contributed by atoms with Crippen LogP contribution < -0.4 is 4.72 Å². The summed E-state index contributed by atoms with van der Waals surface area (Å²) in [7, 11) is -3.33. The van der Waals surface area contributed by atoms with Gasteiger partial charge in [-0.3, -0.25) is 4.72 Å². The van der Waals surface area contributed by atoms with Crippen LogP contribution in [0.15, 0.2) is 18.2 Å². The van der Waals surface area contributed by atoms with Gasteiger partial charge >= 0.3 is 0 Å². The Morgan fingerprint density at radius 3 is 2.69 bits per heavy atom. The van der Waals surface area contributed by atoms with E-state index in [-0.39, 0.29) is 16.5 Å². The Morgan fingerprint density at radius 2 is 2.12 bits per heavy atom. The Labute approximate surface area is 100 Å². The van der Waals surface area contributed by atoms with Crippen LogP contribution in [0.1, 0.15) is 19.8 Å². The van der Waals surface area contributed by atoms with Gasteiger partial charge in [0.15, 0.2) is 0 Å². The molecule has 6 heteroatoms. The average Bonchev–Trinajstić information content (AvgIpc) is 2.20. The zero-order valence-corrected chi connectivity index (χ0v) is 10.5. The van der Waals surface area contributed by atoms with Gasteiger partial charge in [0.1, 0.15) is 5.75 Å². The van der Waals surface area contributed by atoms with Crippen LogP contribution in [0.2, 0.25) is 5.02 Å². The largest absolute Gasteiger partial charge is 0.506 e. The number of phenols is 1. The summed E-state index contributed by atoms with van der Waals surface area (Å²) in [5, 5.41) is 9.50. The van der Waals surface area contributed by atoms with Crippen LogP contribution in [0.3, 0.4) is 0 Å². The summed E-state index contributed by atoms with van der Waals surface area (Å²) in [6.07, 6.45) is 1.42. The van der Waals surface area contributed by atoms with Gasteiger partial charge in [-0.15, -0.1) is 0 Å². The van der Waals surface area contributed by atoms with E-state index in [0.717, 1.165) is 6.42 Å². The Kier molecular flexibility index (Phi) is 4.44. The van der Waals surface area contributed by atoms with Crippen LogP contribution in [-0.4, -0.2) is 19.3 Å². The van der Waals surface area contributed by atoms with E-state index in [1.54, 1.807) is 0 Å². The molecule has 2 N–H and O–H groups in total. The summed E-state index contributed by atoms with van der Waals surface area (Å²) in [6.45, 7) is 1.92. The van der Waals surface area contributed by atoms with Crippen LogP contribution in [0.25, 0.3) is 0 Å². The second-order valence-electron chi connectivity index (χ2n) is 3.44. The zero-order valence-electron chi connectivity index (χ0n) is 8.90. The molecule has 0 saturated carbocycles. The van der Waals surface area contributed by atoms with Gasteiger partial charge < -0.3 is 5.11 Å².